The second-order valence-corrected chi connectivity index (χ2v) is 11.3. The summed E-state index contributed by atoms with van der Waals surface area (Å²) in [6.45, 7) is 0. The van der Waals surface area contributed by atoms with Crippen LogP contribution in [-0.2, 0) is 15.8 Å². The van der Waals surface area contributed by atoms with E-state index in [1.165, 1.54) is 6.20 Å². The summed E-state index contributed by atoms with van der Waals surface area (Å²) in [7, 11) is -4.00. The molecule has 0 saturated heterocycles. The van der Waals surface area contributed by atoms with Crippen LogP contribution < -0.4 is 20.5 Å². The van der Waals surface area contributed by atoms with Crippen molar-refractivity contribution in [2.24, 2.45) is 5.73 Å². The summed E-state index contributed by atoms with van der Waals surface area (Å²) in [5.74, 6) is -3.20. The lowest BCUT2D eigenvalue weighted by atomic mass is 9.92. The number of aromatic nitrogens is 3. The first-order valence-electron chi connectivity index (χ1n) is 12.8. The minimum atomic E-state index is -4.00. The minimum Gasteiger partial charge on any atom is -0.435 e. The fourth-order valence-electron chi connectivity index (χ4n) is 4.48. The molecule has 0 aliphatic heterocycles. The van der Waals surface area contributed by atoms with Crippen LogP contribution in [0.25, 0.3) is 11.3 Å². The van der Waals surface area contributed by atoms with Gasteiger partial charge in [-0.2, -0.15) is 4.39 Å². The van der Waals surface area contributed by atoms with Gasteiger partial charge in [-0.25, -0.2) is 27.8 Å². The van der Waals surface area contributed by atoms with E-state index in [-0.39, 0.29) is 18.0 Å². The van der Waals surface area contributed by atoms with Crippen molar-refractivity contribution in [1.82, 2.24) is 15.0 Å². The number of hydrogen-bond donors (Lipinski definition) is 3. The Morgan fingerprint density at radius 1 is 0.900 bits per heavy atom. The van der Waals surface area contributed by atoms with Crippen molar-refractivity contribution < 1.29 is 21.9 Å². The van der Waals surface area contributed by atoms with Crippen LogP contribution in [-0.4, -0.2) is 35.5 Å². The number of nitrogens with two attached hydrogens (primary N) is 1. The SMILES string of the molecule is NC1CCC(Nc2nccc(-c3cccnc3Oc3ccc(NS(=O)(=O)Cc4ccccc4)c(F)c3F)n2)CC1. The topological polar surface area (TPSA) is 132 Å². The van der Waals surface area contributed by atoms with Crippen molar-refractivity contribution in [2.45, 2.75) is 43.5 Å². The molecule has 0 radical (unpaired) electrons. The maximum atomic E-state index is 15.0. The smallest absolute Gasteiger partial charge is 0.237 e. The molecule has 1 aliphatic rings. The molecular formula is C28H28F2N6O3S. The summed E-state index contributed by atoms with van der Waals surface area (Å²) in [6.07, 6.45) is 6.72. The molecule has 2 aromatic heterocycles. The zero-order chi connectivity index (χ0) is 28.1. The zero-order valence-corrected chi connectivity index (χ0v) is 22.2. The predicted octanol–water partition coefficient (Wildman–Crippen LogP) is 5.23. The van der Waals surface area contributed by atoms with Crippen molar-refractivity contribution in [3.8, 4) is 22.9 Å². The maximum absolute atomic E-state index is 15.0. The molecule has 4 N–H and O–H groups in total. The van der Waals surface area contributed by atoms with Gasteiger partial charge in [-0.1, -0.05) is 30.3 Å². The molecule has 0 amide bonds. The van der Waals surface area contributed by atoms with E-state index in [1.807, 2.05) is 0 Å². The lowest BCUT2D eigenvalue weighted by Crippen LogP contribution is -2.33. The number of benzene rings is 2. The van der Waals surface area contributed by atoms with E-state index in [1.54, 1.807) is 54.7 Å². The van der Waals surface area contributed by atoms with Gasteiger partial charge in [0.25, 0.3) is 0 Å². The molecule has 0 spiro atoms. The monoisotopic (exact) mass is 566 g/mol. The first kappa shape index (κ1) is 27.4. The fourth-order valence-corrected chi connectivity index (χ4v) is 5.68. The molecule has 4 aromatic rings. The van der Waals surface area contributed by atoms with Gasteiger partial charge in [-0.15, -0.1) is 0 Å². The Morgan fingerprint density at radius 3 is 2.45 bits per heavy atom. The van der Waals surface area contributed by atoms with Gasteiger partial charge in [0, 0.05) is 24.5 Å². The molecule has 1 fully saturated rings. The van der Waals surface area contributed by atoms with Gasteiger partial charge < -0.3 is 15.8 Å². The van der Waals surface area contributed by atoms with Crippen LogP contribution in [0.3, 0.4) is 0 Å². The Bertz CT molecular complexity index is 1580. The highest BCUT2D eigenvalue weighted by Gasteiger charge is 2.22. The number of anilines is 2. The molecule has 1 aliphatic carbocycles. The minimum absolute atomic E-state index is 0.00787. The van der Waals surface area contributed by atoms with Crippen LogP contribution in [0.1, 0.15) is 31.2 Å². The normalized spacial score (nSPS) is 17.3. The fraction of sp³-hybridized carbons (Fsp3) is 0.250. The largest absolute Gasteiger partial charge is 0.435 e. The van der Waals surface area contributed by atoms with E-state index in [9.17, 15) is 12.8 Å². The van der Waals surface area contributed by atoms with Crippen LogP contribution in [0, 0.1) is 11.6 Å². The van der Waals surface area contributed by atoms with Crippen molar-refractivity contribution in [2.75, 3.05) is 10.0 Å². The molecule has 1 saturated carbocycles. The molecule has 12 heteroatoms. The second-order valence-electron chi connectivity index (χ2n) is 9.57. The van der Waals surface area contributed by atoms with Crippen LogP contribution in [0.2, 0.25) is 0 Å². The highest BCUT2D eigenvalue weighted by molar-refractivity contribution is 7.91. The summed E-state index contributed by atoms with van der Waals surface area (Å²) in [4.78, 5) is 13.1. The lowest BCUT2D eigenvalue weighted by Gasteiger charge is -2.26. The standard InChI is InChI=1S/C28H28F2N6O3S/c29-25-23(36-40(37,38)17-18-5-2-1-3-6-18)12-13-24(26(25)30)39-27-21(7-4-15-32-27)22-14-16-33-28(35-22)34-20-10-8-19(31)9-11-20/h1-7,12-16,19-20,36H,8-11,17,31H2,(H,33,34,35). The van der Waals surface area contributed by atoms with Crippen LogP contribution >= 0.6 is 0 Å². The van der Waals surface area contributed by atoms with Crippen molar-refractivity contribution >= 4 is 21.7 Å². The third kappa shape index (κ3) is 6.69. The molecular weight excluding hydrogens is 538 g/mol. The molecule has 208 valence electrons. The summed E-state index contributed by atoms with van der Waals surface area (Å²) >= 11 is 0. The third-order valence-corrected chi connectivity index (χ3v) is 7.77. The van der Waals surface area contributed by atoms with E-state index >= 15 is 4.39 Å². The van der Waals surface area contributed by atoms with Gasteiger partial charge in [0.05, 0.1) is 22.7 Å². The predicted molar refractivity (Wildman–Crippen MR) is 148 cm³/mol. The average Bonchev–Trinajstić information content (AvgIpc) is 2.95. The quantitative estimate of drug-likeness (QED) is 0.251. The van der Waals surface area contributed by atoms with Crippen molar-refractivity contribution in [3.05, 3.63) is 90.3 Å². The molecule has 0 unspecified atom stereocenters. The van der Waals surface area contributed by atoms with Crippen LogP contribution in [0.4, 0.5) is 20.4 Å². The number of ether oxygens (including phenoxy) is 1. The zero-order valence-electron chi connectivity index (χ0n) is 21.4. The number of nitrogens with zero attached hydrogens (tertiary/aromatic N) is 3. The summed E-state index contributed by atoms with van der Waals surface area (Å²) < 4.78 is 62.7. The molecule has 9 nitrogen and oxygen atoms in total. The molecule has 0 bridgehead atoms. The molecule has 2 heterocycles. The Labute approximate surface area is 230 Å². The molecule has 40 heavy (non-hydrogen) atoms. The van der Waals surface area contributed by atoms with Crippen molar-refractivity contribution in [3.63, 3.8) is 0 Å². The van der Waals surface area contributed by atoms with E-state index in [4.69, 9.17) is 10.5 Å². The highest BCUT2D eigenvalue weighted by atomic mass is 32.2. The summed E-state index contributed by atoms with van der Waals surface area (Å²) in [6, 6.07) is 16.1. The summed E-state index contributed by atoms with van der Waals surface area (Å²) in [5.41, 5.74) is 6.88. The maximum Gasteiger partial charge on any atom is 0.237 e. The van der Waals surface area contributed by atoms with Gasteiger partial charge >= 0.3 is 0 Å². The van der Waals surface area contributed by atoms with Gasteiger partial charge in [-0.05, 0) is 61.6 Å². The number of halogens is 2. The number of rotatable bonds is 9. The first-order chi connectivity index (χ1) is 19.3. The number of nitrogens with one attached hydrogen (secondary N) is 2. The van der Waals surface area contributed by atoms with E-state index < -0.39 is 38.8 Å². The van der Waals surface area contributed by atoms with Crippen LogP contribution in [0.5, 0.6) is 11.6 Å². The van der Waals surface area contributed by atoms with E-state index in [0.29, 0.717) is 22.8 Å². The van der Waals surface area contributed by atoms with Gasteiger partial charge in [-0.3, -0.25) is 4.72 Å². The Balaban J connectivity index is 1.34. The number of pyridine rings is 1. The van der Waals surface area contributed by atoms with E-state index in [0.717, 1.165) is 37.8 Å². The number of hydrogen-bond acceptors (Lipinski definition) is 8. The summed E-state index contributed by atoms with van der Waals surface area (Å²) in [5, 5.41) is 3.33. The second kappa shape index (κ2) is 11.9. The molecule has 2 aromatic carbocycles. The first-order valence-corrected chi connectivity index (χ1v) is 14.4. The Morgan fingerprint density at radius 2 is 1.68 bits per heavy atom. The number of sulfonamides is 1. The third-order valence-electron chi connectivity index (χ3n) is 6.53. The van der Waals surface area contributed by atoms with Gasteiger partial charge in [0.1, 0.15) is 0 Å². The Kier molecular flexibility index (Phi) is 8.17. The van der Waals surface area contributed by atoms with Crippen molar-refractivity contribution in [1.29, 1.82) is 0 Å². The van der Waals surface area contributed by atoms with Gasteiger partial charge in [0.2, 0.25) is 27.7 Å². The molecule has 5 rings (SSSR count). The van der Waals surface area contributed by atoms with E-state index in [2.05, 4.69) is 25.0 Å². The van der Waals surface area contributed by atoms with Crippen LogP contribution in [0.15, 0.2) is 73.1 Å². The molecule has 0 atom stereocenters. The van der Waals surface area contributed by atoms with Gasteiger partial charge in [0.15, 0.2) is 11.6 Å². The average molecular weight is 567 g/mol. The Hall–Kier alpha value is -4.16. The lowest BCUT2D eigenvalue weighted by molar-refractivity contribution is 0.407. The highest BCUT2D eigenvalue weighted by Crippen LogP contribution is 2.34.